The van der Waals surface area contributed by atoms with Gasteiger partial charge in [-0.3, -0.25) is 0 Å². The zero-order chi connectivity index (χ0) is 13.2. The highest BCUT2D eigenvalue weighted by molar-refractivity contribution is 5.77. The largest absolute Gasteiger partial charge is 0.478 e. The zero-order valence-electron chi connectivity index (χ0n) is 11.0. The van der Waals surface area contributed by atoms with Gasteiger partial charge in [-0.15, -0.1) is 0 Å². The molecule has 0 amide bonds. The molecule has 2 heterocycles. The summed E-state index contributed by atoms with van der Waals surface area (Å²) in [7, 11) is 1.63. The van der Waals surface area contributed by atoms with Gasteiger partial charge < -0.3 is 15.4 Å². The van der Waals surface area contributed by atoms with Crippen molar-refractivity contribution in [2.45, 2.75) is 18.9 Å². The monoisotopic (exact) mass is 258 g/mol. The summed E-state index contributed by atoms with van der Waals surface area (Å²) in [6.45, 7) is 1.60. The lowest BCUT2D eigenvalue weighted by atomic mass is 10.2. The van der Waals surface area contributed by atoms with E-state index in [1.165, 1.54) is 0 Å². The molecular formula is C14H18N4O. The van der Waals surface area contributed by atoms with E-state index in [0.717, 1.165) is 36.2 Å². The molecule has 1 aromatic carbocycles. The Morgan fingerprint density at radius 2 is 2.05 bits per heavy atom. The summed E-state index contributed by atoms with van der Waals surface area (Å²) in [5, 5.41) is 0. The van der Waals surface area contributed by atoms with E-state index in [1.54, 1.807) is 7.11 Å². The third-order valence-electron chi connectivity index (χ3n) is 3.64. The molecule has 0 radical (unpaired) electrons. The van der Waals surface area contributed by atoms with Gasteiger partial charge in [-0.05, 0) is 25.0 Å². The fourth-order valence-electron chi connectivity index (χ4n) is 2.66. The lowest BCUT2D eigenvalue weighted by Gasteiger charge is -2.25. The molecule has 0 saturated carbocycles. The van der Waals surface area contributed by atoms with Gasteiger partial charge in [0, 0.05) is 19.1 Å². The molecule has 1 atom stereocenters. The maximum absolute atomic E-state index is 5.84. The van der Waals surface area contributed by atoms with E-state index >= 15 is 0 Å². The van der Waals surface area contributed by atoms with Crippen LogP contribution in [0.15, 0.2) is 24.3 Å². The van der Waals surface area contributed by atoms with Crippen molar-refractivity contribution in [3.63, 3.8) is 0 Å². The van der Waals surface area contributed by atoms with Crippen LogP contribution in [-0.2, 0) is 0 Å². The number of hydrogen-bond donors (Lipinski definition) is 1. The first kappa shape index (κ1) is 12.2. The molecule has 0 unspecified atom stereocenters. The van der Waals surface area contributed by atoms with Crippen molar-refractivity contribution < 1.29 is 4.74 Å². The van der Waals surface area contributed by atoms with Gasteiger partial charge in [0.2, 0.25) is 0 Å². The Hall–Kier alpha value is -1.88. The van der Waals surface area contributed by atoms with Crippen molar-refractivity contribution >= 4 is 16.9 Å². The van der Waals surface area contributed by atoms with Crippen molar-refractivity contribution in [3.05, 3.63) is 24.3 Å². The molecule has 1 aromatic heterocycles. The van der Waals surface area contributed by atoms with Crippen LogP contribution in [0.25, 0.3) is 11.0 Å². The predicted octanol–water partition coefficient (Wildman–Crippen LogP) is 1.57. The van der Waals surface area contributed by atoms with E-state index in [2.05, 4.69) is 9.88 Å². The molecule has 5 heteroatoms. The van der Waals surface area contributed by atoms with Gasteiger partial charge in [-0.2, -0.15) is 0 Å². The van der Waals surface area contributed by atoms with Crippen LogP contribution in [-0.4, -0.2) is 36.2 Å². The number of anilines is 1. The second-order valence-corrected chi connectivity index (χ2v) is 4.77. The molecule has 0 spiro atoms. The van der Waals surface area contributed by atoms with Crippen LogP contribution < -0.4 is 15.4 Å². The van der Waals surface area contributed by atoms with Crippen LogP contribution in [0.4, 0.5) is 5.82 Å². The predicted molar refractivity (Wildman–Crippen MR) is 75.5 cm³/mol. The average Bonchev–Trinajstić information content (AvgIpc) is 2.94. The molecule has 3 rings (SSSR count). The normalized spacial score (nSPS) is 19.1. The number of aromatic nitrogens is 2. The lowest BCUT2D eigenvalue weighted by Crippen LogP contribution is -2.36. The Kier molecular flexibility index (Phi) is 3.21. The molecule has 1 aliphatic rings. The molecule has 1 aliphatic heterocycles. The van der Waals surface area contributed by atoms with Gasteiger partial charge in [0.25, 0.3) is 5.88 Å². The van der Waals surface area contributed by atoms with Gasteiger partial charge in [0.1, 0.15) is 0 Å². The fraction of sp³-hybridized carbons (Fsp3) is 0.429. The van der Waals surface area contributed by atoms with Crippen LogP contribution in [0.1, 0.15) is 12.8 Å². The van der Waals surface area contributed by atoms with Gasteiger partial charge >= 0.3 is 0 Å². The van der Waals surface area contributed by atoms with Gasteiger partial charge in [-0.25, -0.2) is 9.97 Å². The third kappa shape index (κ3) is 2.10. The smallest absolute Gasteiger partial charge is 0.257 e. The molecule has 5 nitrogen and oxygen atoms in total. The van der Waals surface area contributed by atoms with Gasteiger partial charge in [0.15, 0.2) is 5.82 Å². The summed E-state index contributed by atoms with van der Waals surface area (Å²) >= 11 is 0. The van der Waals surface area contributed by atoms with E-state index in [0.29, 0.717) is 18.5 Å². The van der Waals surface area contributed by atoms with Crippen LogP contribution >= 0.6 is 0 Å². The molecule has 2 aromatic rings. The molecule has 0 bridgehead atoms. The summed E-state index contributed by atoms with van der Waals surface area (Å²) in [4.78, 5) is 11.5. The number of hydrogen-bond acceptors (Lipinski definition) is 5. The number of methoxy groups -OCH3 is 1. The minimum absolute atomic E-state index is 0.337. The number of ether oxygens (including phenoxy) is 1. The van der Waals surface area contributed by atoms with Crippen LogP contribution in [0.3, 0.4) is 0 Å². The maximum Gasteiger partial charge on any atom is 0.257 e. The quantitative estimate of drug-likeness (QED) is 0.905. The van der Waals surface area contributed by atoms with E-state index in [-0.39, 0.29) is 0 Å². The van der Waals surface area contributed by atoms with Crippen molar-refractivity contribution in [1.82, 2.24) is 9.97 Å². The summed E-state index contributed by atoms with van der Waals surface area (Å²) in [6.07, 6.45) is 2.24. The Morgan fingerprint density at radius 3 is 2.74 bits per heavy atom. The summed E-state index contributed by atoms with van der Waals surface area (Å²) in [5.74, 6) is 1.40. The highest BCUT2D eigenvalue weighted by Crippen LogP contribution is 2.31. The Labute approximate surface area is 112 Å². The number of para-hydroxylation sites is 2. The molecule has 19 heavy (non-hydrogen) atoms. The number of nitrogens with zero attached hydrogens (tertiary/aromatic N) is 3. The van der Waals surface area contributed by atoms with Crippen LogP contribution in [0.2, 0.25) is 0 Å². The topological polar surface area (TPSA) is 64.3 Å². The second kappa shape index (κ2) is 5.01. The number of fused-ring (bicyclic) bond motifs is 1. The molecule has 100 valence electrons. The zero-order valence-corrected chi connectivity index (χ0v) is 11.0. The Bertz CT molecular complexity index is 587. The molecule has 0 aliphatic carbocycles. The van der Waals surface area contributed by atoms with Crippen molar-refractivity contribution in [3.8, 4) is 5.88 Å². The van der Waals surface area contributed by atoms with E-state index in [1.807, 2.05) is 24.3 Å². The minimum Gasteiger partial charge on any atom is -0.478 e. The standard InChI is InChI=1S/C14H18N4O/c1-19-14-13(18-8-4-5-10(18)9-15)16-11-6-2-3-7-12(11)17-14/h2-3,6-7,10H,4-5,8-9,15H2,1H3/t10-/m1/s1. The highest BCUT2D eigenvalue weighted by atomic mass is 16.5. The Morgan fingerprint density at radius 1 is 1.32 bits per heavy atom. The second-order valence-electron chi connectivity index (χ2n) is 4.77. The van der Waals surface area contributed by atoms with E-state index < -0.39 is 0 Å². The third-order valence-corrected chi connectivity index (χ3v) is 3.64. The van der Waals surface area contributed by atoms with Gasteiger partial charge in [0.05, 0.1) is 18.1 Å². The summed E-state index contributed by atoms with van der Waals surface area (Å²) in [6, 6.07) is 8.17. The average molecular weight is 258 g/mol. The lowest BCUT2D eigenvalue weighted by molar-refractivity contribution is 0.396. The first-order valence-corrected chi connectivity index (χ1v) is 6.61. The summed E-state index contributed by atoms with van der Waals surface area (Å²) in [5.41, 5.74) is 7.58. The van der Waals surface area contributed by atoms with Crippen LogP contribution in [0.5, 0.6) is 5.88 Å². The van der Waals surface area contributed by atoms with E-state index in [4.69, 9.17) is 15.5 Å². The summed E-state index contributed by atoms with van der Waals surface area (Å²) < 4.78 is 5.40. The minimum atomic E-state index is 0.337. The molecule has 2 N–H and O–H groups in total. The van der Waals surface area contributed by atoms with Crippen molar-refractivity contribution in [2.24, 2.45) is 5.73 Å². The van der Waals surface area contributed by atoms with Crippen molar-refractivity contribution in [2.75, 3.05) is 25.1 Å². The molecular weight excluding hydrogens is 240 g/mol. The Balaban J connectivity index is 2.10. The molecule has 1 saturated heterocycles. The maximum atomic E-state index is 5.84. The number of benzene rings is 1. The fourth-order valence-corrected chi connectivity index (χ4v) is 2.66. The van der Waals surface area contributed by atoms with E-state index in [9.17, 15) is 0 Å². The first-order chi connectivity index (χ1) is 9.33. The van der Waals surface area contributed by atoms with Crippen molar-refractivity contribution in [1.29, 1.82) is 0 Å². The number of rotatable bonds is 3. The van der Waals surface area contributed by atoms with Gasteiger partial charge in [-0.1, -0.05) is 12.1 Å². The highest BCUT2D eigenvalue weighted by Gasteiger charge is 2.27. The molecule has 1 fully saturated rings. The SMILES string of the molecule is COc1nc2ccccc2nc1N1CCC[C@@H]1CN. The van der Waals surface area contributed by atoms with Crippen LogP contribution in [0, 0.1) is 0 Å². The number of nitrogens with two attached hydrogens (primary N) is 1. The first-order valence-electron chi connectivity index (χ1n) is 6.61.